The third kappa shape index (κ3) is 4.18. The molecule has 1 aliphatic heterocycles. The van der Waals surface area contributed by atoms with Gasteiger partial charge in [0, 0.05) is 44.3 Å². The predicted molar refractivity (Wildman–Crippen MR) is 87.2 cm³/mol. The zero-order valence-electron chi connectivity index (χ0n) is 14.2. The molecule has 0 radical (unpaired) electrons. The number of nitrogens with one attached hydrogen (secondary N) is 1. The molecule has 0 bridgehead atoms. The molecule has 0 aromatic rings. The molecule has 1 saturated carbocycles. The van der Waals surface area contributed by atoms with Crippen molar-refractivity contribution < 1.29 is 0 Å². The Bertz CT molecular complexity index is 365. The summed E-state index contributed by atoms with van der Waals surface area (Å²) in [5.74, 6) is 0. The maximum Gasteiger partial charge on any atom is 0.108 e. The van der Waals surface area contributed by atoms with Crippen LogP contribution >= 0.6 is 0 Å². The molecule has 2 aliphatic rings. The van der Waals surface area contributed by atoms with Gasteiger partial charge in [-0.15, -0.1) is 0 Å². The first-order valence-corrected chi connectivity index (χ1v) is 8.63. The minimum atomic E-state index is -0.299. The van der Waals surface area contributed by atoms with Gasteiger partial charge in [0.1, 0.15) is 5.54 Å². The Morgan fingerprint density at radius 3 is 2.33 bits per heavy atom. The largest absolute Gasteiger partial charge is 0.298 e. The minimum Gasteiger partial charge on any atom is -0.298 e. The van der Waals surface area contributed by atoms with Gasteiger partial charge >= 0.3 is 0 Å². The van der Waals surface area contributed by atoms with E-state index in [4.69, 9.17) is 0 Å². The lowest BCUT2D eigenvalue weighted by molar-refractivity contribution is 0.0499. The van der Waals surface area contributed by atoms with Crippen molar-refractivity contribution in [3.63, 3.8) is 0 Å². The molecule has 1 N–H and O–H groups in total. The van der Waals surface area contributed by atoms with E-state index in [1.54, 1.807) is 0 Å². The number of rotatable bonds is 4. The maximum atomic E-state index is 9.68. The summed E-state index contributed by atoms with van der Waals surface area (Å²) in [5, 5.41) is 13.2. The Morgan fingerprint density at radius 2 is 1.81 bits per heavy atom. The van der Waals surface area contributed by atoms with Gasteiger partial charge in [-0.25, -0.2) is 0 Å². The third-order valence-corrected chi connectivity index (χ3v) is 5.10. The van der Waals surface area contributed by atoms with Crippen LogP contribution in [0.5, 0.6) is 0 Å². The van der Waals surface area contributed by atoms with Crippen molar-refractivity contribution in [2.75, 3.05) is 26.2 Å². The molecular formula is C17H32N4. The molecule has 4 heteroatoms. The Balaban J connectivity index is 1.94. The molecule has 2 rings (SSSR count). The molecule has 2 fully saturated rings. The van der Waals surface area contributed by atoms with Crippen LogP contribution in [0.2, 0.25) is 0 Å². The number of nitrogens with zero attached hydrogens (tertiary/aromatic N) is 3. The van der Waals surface area contributed by atoms with Crippen LogP contribution in [0.15, 0.2) is 0 Å². The molecule has 0 amide bonds. The van der Waals surface area contributed by atoms with E-state index in [0.29, 0.717) is 18.1 Å². The average molecular weight is 292 g/mol. The fraction of sp³-hybridized carbons (Fsp3) is 0.941. The molecule has 1 saturated heterocycles. The van der Waals surface area contributed by atoms with Gasteiger partial charge in [0.25, 0.3) is 0 Å². The third-order valence-electron chi connectivity index (χ3n) is 5.10. The second-order valence-electron chi connectivity index (χ2n) is 7.41. The topological polar surface area (TPSA) is 42.3 Å². The second-order valence-corrected chi connectivity index (χ2v) is 7.41. The van der Waals surface area contributed by atoms with Crippen LogP contribution in [0.25, 0.3) is 0 Å². The standard InChI is InChI=1S/C17H32N4/c1-14(2)19-17(13-18)7-5-6-16(12-17)21-10-8-20(9-11-21)15(3)4/h14-16,19H,5-12H2,1-4H3. The van der Waals surface area contributed by atoms with Crippen molar-refractivity contribution in [2.45, 2.75) is 77.0 Å². The van der Waals surface area contributed by atoms with E-state index in [-0.39, 0.29) is 5.54 Å². The highest BCUT2D eigenvalue weighted by atomic mass is 15.3. The van der Waals surface area contributed by atoms with Gasteiger partial charge in [-0.05, 0) is 53.4 Å². The zero-order chi connectivity index (χ0) is 15.5. The smallest absolute Gasteiger partial charge is 0.108 e. The highest BCUT2D eigenvalue weighted by Gasteiger charge is 2.39. The summed E-state index contributed by atoms with van der Waals surface area (Å²) in [7, 11) is 0. The first-order valence-electron chi connectivity index (χ1n) is 8.63. The second kappa shape index (κ2) is 7.09. The monoisotopic (exact) mass is 292 g/mol. The summed E-state index contributed by atoms with van der Waals surface area (Å²) < 4.78 is 0. The van der Waals surface area contributed by atoms with E-state index in [1.807, 2.05) is 0 Å². The van der Waals surface area contributed by atoms with E-state index < -0.39 is 0 Å². The fourth-order valence-corrected chi connectivity index (χ4v) is 3.99. The van der Waals surface area contributed by atoms with E-state index in [9.17, 15) is 5.26 Å². The first-order chi connectivity index (χ1) is 9.96. The van der Waals surface area contributed by atoms with Crippen LogP contribution in [-0.2, 0) is 0 Å². The lowest BCUT2D eigenvalue weighted by Crippen LogP contribution is -2.58. The molecule has 1 aliphatic carbocycles. The number of hydrogen-bond acceptors (Lipinski definition) is 4. The van der Waals surface area contributed by atoms with Gasteiger partial charge < -0.3 is 0 Å². The number of hydrogen-bond donors (Lipinski definition) is 1. The molecule has 2 atom stereocenters. The van der Waals surface area contributed by atoms with Crippen molar-refractivity contribution in [2.24, 2.45) is 0 Å². The van der Waals surface area contributed by atoms with Gasteiger partial charge in [0.15, 0.2) is 0 Å². The van der Waals surface area contributed by atoms with Crippen LogP contribution in [0.4, 0.5) is 0 Å². The van der Waals surface area contributed by atoms with Crippen molar-refractivity contribution in [3.8, 4) is 6.07 Å². The quantitative estimate of drug-likeness (QED) is 0.863. The van der Waals surface area contributed by atoms with Gasteiger partial charge in [-0.1, -0.05) is 0 Å². The molecule has 21 heavy (non-hydrogen) atoms. The van der Waals surface area contributed by atoms with Gasteiger partial charge in [-0.2, -0.15) is 5.26 Å². The van der Waals surface area contributed by atoms with Crippen LogP contribution < -0.4 is 5.32 Å². The van der Waals surface area contributed by atoms with Gasteiger partial charge in [0.05, 0.1) is 6.07 Å². The van der Waals surface area contributed by atoms with E-state index >= 15 is 0 Å². The van der Waals surface area contributed by atoms with Crippen molar-refractivity contribution >= 4 is 0 Å². The van der Waals surface area contributed by atoms with Gasteiger partial charge in [-0.3, -0.25) is 15.1 Å². The van der Waals surface area contributed by atoms with Crippen molar-refractivity contribution in [1.82, 2.24) is 15.1 Å². The Kier molecular flexibility index (Phi) is 5.65. The summed E-state index contributed by atoms with van der Waals surface area (Å²) in [5.41, 5.74) is -0.299. The van der Waals surface area contributed by atoms with Crippen LogP contribution in [0.3, 0.4) is 0 Å². The van der Waals surface area contributed by atoms with Gasteiger partial charge in [0.2, 0.25) is 0 Å². The lowest BCUT2D eigenvalue weighted by atomic mass is 9.78. The highest BCUT2D eigenvalue weighted by molar-refractivity contribution is 5.12. The van der Waals surface area contributed by atoms with E-state index in [2.05, 4.69) is 48.9 Å². The molecule has 1 heterocycles. The summed E-state index contributed by atoms with van der Waals surface area (Å²) in [6, 6.07) is 4.21. The molecule has 0 aromatic heterocycles. The Labute approximate surface area is 130 Å². The predicted octanol–water partition coefficient (Wildman–Crippen LogP) is 2.22. The fourth-order valence-electron chi connectivity index (χ4n) is 3.99. The lowest BCUT2D eigenvalue weighted by Gasteiger charge is -2.46. The van der Waals surface area contributed by atoms with E-state index in [1.165, 1.54) is 25.9 Å². The first kappa shape index (κ1) is 16.7. The number of piperazine rings is 1. The molecule has 0 aromatic carbocycles. The van der Waals surface area contributed by atoms with Crippen molar-refractivity contribution in [3.05, 3.63) is 0 Å². The highest BCUT2D eigenvalue weighted by Crippen LogP contribution is 2.32. The molecule has 4 nitrogen and oxygen atoms in total. The summed E-state index contributed by atoms with van der Waals surface area (Å²) >= 11 is 0. The molecule has 0 spiro atoms. The SMILES string of the molecule is CC(C)NC1(C#N)CCCC(N2CCN(C(C)C)CC2)C1. The van der Waals surface area contributed by atoms with Crippen LogP contribution in [0, 0.1) is 11.3 Å². The summed E-state index contributed by atoms with van der Waals surface area (Å²) in [6.45, 7) is 13.5. The molecule has 2 unspecified atom stereocenters. The molecular weight excluding hydrogens is 260 g/mol. The Morgan fingerprint density at radius 1 is 1.14 bits per heavy atom. The Hall–Kier alpha value is -0.630. The number of nitriles is 1. The van der Waals surface area contributed by atoms with Crippen LogP contribution in [0.1, 0.15) is 53.4 Å². The summed E-state index contributed by atoms with van der Waals surface area (Å²) in [6.07, 6.45) is 4.42. The average Bonchev–Trinajstić information content (AvgIpc) is 2.47. The maximum absolute atomic E-state index is 9.68. The van der Waals surface area contributed by atoms with Crippen molar-refractivity contribution in [1.29, 1.82) is 5.26 Å². The zero-order valence-corrected chi connectivity index (χ0v) is 14.2. The minimum absolute atomic E-state index is 0.299. The summed E-state index contributed by atoms with van der Waals surface area (Å²) in [4.78, 5) is 5.19. The van der Waals surface area contributed by atoms with Crippen LogP contribution in [-0.4, -0.2) is 59.6 Å². The normalized spacial score (nSPS) is 32.5. The molecule has 120 valence electrons. The van der Waals surface area contributed by atoms with E-state index in [0.717, 1.165) is 25.9 Å².